The van der Waals surface area contributed by atoms with Crippen LogP contribution in [0.2, 0.25) is 0 Å². The average Bonchev–Trinajstić information content (AvgIpc) is 2.51. The second-order valence-electron chi connectivity index (χ2n) is 7.78. The molecule has 1 aromatic carbocycles. The molecule has 1 unspecified atom stereocenters. The smallest absolute Gasteiger partial charge is 0.311 e. The molecule has 0 heterocycles. The largest absolute Gasteiger partial charge is 0.457 e. The standard InChI is InChI=1S/C20H32N2O3/c1-13(2)22-14(3)18(23)12-21-17-10-8-16(9-11-17)15(4)25-19(24)20(5,6)7/h8-11,13-15,21-22H,12H2,1-7H3/t14-,15?/m0/s1. The van der Waals surface area contributed by atoms with Gasteiger partial charge in [-0.15, -0.1) is 0 Å². The Bertz CT molecular complexity index is 574. The van der Waals surface area contributed by atoms with Crippen molar-refractivity contribution >= 4 is 17.4 Å². The molecule has 1 rings (SSSR count). The van der Waals surface area contributed by atoms with Crippen LogP contribution in [0.4, 0.5) is 5.69 Å². The number of ketones is 1. The Labute approximate surface area is 151 Å². The molecule has 0 amide bonds. The Morgan fingerprint density at radius 1 is 1.04 bits per heavy atom. The van der Waals surface area contributed by atoms with E-state index in [0.29, 0.717) is 0 Å². The minimum atomic E-state index is -0.517. The molecule has 25 heavy (non-hydrogen) atoms. The van der Waals surface area contributed by atoms with Gasteiger partial charge in [0.1, 0.15) is 6.10 Å². The first-order valence-corrected chi connectivity index (χ1v) is 8.84. The van der Waals surface area contributed by atoms with E-state index in [2.05, 4.69) is 10.6 Å². The zero-order valence-electron chi connectivity index (χ0n) is 16.5. The third-order valence-corrected chi connectivity index (χ3v) is 3.81. The first-order valence-electron chi connectivity index (χ1n) is 8.84. The van der Waals surface area contributed by atoms with Crippen LogP contribution in [0, 0.1) is 5.41 Å². The van der Waals surface area contributed by atoms with E-state index >= 15 is 0 Å². The van der Waals surface area contributed by atoms with Crippen molar-refractivity contribution in [2.75, 3.05) is 11.9 Å². The van der Waals surface area contributed by atoms with Crippen LogP contribution >= 0.6 is 0 Å². The Hall–Kier alpha value is -1.88. The SMILES string of the molecule is CC(C)N[C@@H](C)C(=O)CNc1ccc(C(C)OC(=O)C(C)(C)C)cc1. The lowest BCUT2D eigenvalue weighted by Gasteiger charge is -2.21. The van der Waals surface area contributed by atoms with Crippen LogP contribution in [0.15, 0.2) is 24.3 Å². The fourth-order valence-corrected chi connectivity index (χ4v) is 2.21. The summed E-state index contributed by atoms with van der Waals surface area (Å²) in [6.07, 6.45) is -0.308. The molecule has 0 saturated carbocycles. The number of esters is 1. The Morgan fingerprint density at radius 3 is 2.08 bits per heavy atom. The molecule has 0 aliphatic rings. The maximum Gasteiger partial charge on any atom is 0.311 e. The lowest BCUT2D eigenvalue weighted by molar-refractivity contribution is -0.158. The highest BCUT2D eigenvalue weighted by atomic mass is 16.5. The van der Waals surface area contributed by atoms with E-state index in [1.165, 1.54) is 0 Å². The summed E-state index contributed by atoms with van der Waals surface area (Å²) in [7, 11) is 0. The minimum absolute atomic E-state index is 0.116. The van der Waals surface area contributed by atoms with Gasteiger partial charge < -0.3 is 15.4 Å². The molecule has 0 spiro atoms. The van der Waals surface area contributed by atoms with Gasteiger partial charge in [-0.1, -0.05) is 26.0 Å². The highest BCUT2D eigenvalue weighted by molar-refractivity contribution is 5.87. The van der Waals surface area contributed by atoms with E-state index in [9.17, 15) is 9.59 Å². The van der Waals surface area contributed by atoms with Gasteiger partial charge in [0.15, 0.2) is 5.78 Å². The highest BCUT2D eigenvalue weighted by Crippen LogP contribution is 2.24. The van der Waals surface area contributed by atoms with Crippen molar-refractivity contribution in [1.82, 2.24) is 5.32 Å². The normalized spacial score (nSPS) is 14.1. The molecule has 2 N–H and O–H groups in total. The second kappa shape index (κ2) is 8.99. The van der Waals surface area contributed by atoms with Crippen LogP contribution in [0.3, 0.4) is 0 Å². The number of rotatable bonds is 8. The number of anilines is 1. The summed E-state index contributed by atoms with van der Waals surface area (Å²) >= 11 is 0. The summed E-state index contributed by atoms with van der Waals surface area (Å²) in [5.74, 6) is -0.107. The molecule has 0 saturated heterocycles. The van der Waals surface area contributed by atoms with Gasteiger partial charge in [0.05, 0.1) is 18.0 Å². The predicted octanol–water partition coefficient (Wildman–Crippen LogP) is 3.70. The number of Topliss-reactive ketones (excluding diaryl/α,β-unsaturated/α-hetero) is 1. The van der Waals surface area contributed by atoms with E-state index in [1.807, 2.05) is 72.7 Å². The summed E-state index contributed by atoms with van der Waals surface area (Å²) in [6.45, 7) is 13.5. The number of ether oxygens (including phenoxy) is 1. The number of hydrogen-bond donors (Lipinski definition) is 2. The van der Waals surface area contributed by atoms with Gasteiger partial charge in [0.2, 0.25) is 0 Å². The number of carbonyl (C=O) groups is 2. The Morgan fingerprint density at radius 2 is 1.60 bits per heavy atom. The lowest BCUT2D eigenvalue weighted by Crippen LogP contribution is -2.41. The summed E-state index contributed by atoms with van der Waals surface area (Å²) < 4.78 is 5.49. The lowest BCUT2D eigenvalue weighted by atomic mass is 9.97. The molecular weight excluding hydrogens is 316 g/mol. The number of nitrogens with one attached hydrogen (secondary N) is 2. The zero-order chi connectivity index (χ0) is 19.2. The van der Waals surface area contributed by atoms with Crippen LogP contribution in [0.25, 0.3) is 0 Å². The maximum atomic E-state index is 12.1. The third-order valence-electron chi connectivity index (χ3n) is 3.81. The van der Waals surface area contributed by atoms with Gasteiger partial charge in [-0.25, -0.2) is 0 Å². The van der Waals surface area contributed by atoms with Crippen LogP contribution < -0.4 is 10.6 Å². The van der Waals surface area contributed by atoms with Gasteiger partial charge in [-0.05, 0) is 52.3 Å². The number of hydrogen-bond acceptors (Lipinski definition) is 5. The van der Waals surface area contributed by atoms with Crippen molar-refractivity contribution < 1.29 is 14.3 Å². The molecule has 0 fully saturated rings. The van der Waals surface area contributed by atoms with Crippen molar-refractivity contribution in [2.45, 2.75) is 66.7 Å². The quantitative estimate of drug-likeness (QED) is 0.701. The summed E-state index contributed by atoms with van der Waals surface area (Å²) in [5.41, 5.74) is 1.27. The van der Waals surface area contributed by atoms with Crippen molar-refractivity contribution in [1.29, 1.82) is 0 Å². The number of benzene rings is 1. The number of carbonyl (C=O) groups excluding carboxylic acids is 2. The van der Waals surface area contributed by atoms with Crippen LogP contribution in [-0.2, 0) is 14.3 Å². The first-order chi connectivity index (χ1) is 11.5. The fourth-order valence-electron chi connectivity index (χ4n) is 2.21. The topological polar surface area (TPSA) is 67.4 Å². The van der Waals surface area contributed by atoms with E-state index in [-0.39, 0.29) is 36.5 Å². The summed E-state index contributed by atoms with van der Waals surface area (Å²) in [4.78, 5) is 24.0. The summed E-state index contributed by atoms with van der Waals surface area (Å²) in [6, 6.07) is 7.70. The van der Waals surface area contributed by atoms with Crippen LogP contribution in [-0.4, -0.2) is 30.4 Å². The molecule has 0 aromatic heterocycles. The summed E-state index contributed by atoms with van der Waals surface area (Å²) in [5, 5.41) is 6.33. The Balaban J connectivity index is 2.56. The van der Waals surface area contributed by atoms with Crippen molar-refractivity contribution in [2.24, 2.45) is 5.41 Å². The molecule has 1 aromatic rings. The van der Waals surface area contributed by atoms with E-state index < -0.39 is 5.41 Å². The fraction of sp³-hybridized carbons (Fsp3) is 0.600. The first kappa shape index (κ1) is 21.2. The van der Waals surface area contributed by atoms with Crippen LogP contribution in [0.5, 0.6) is 0 Å². The van der Waals surface area contributed by atoms with Crippen molar-refractivity contribution in [3.05, 3.63) is 29.8 Å². The molecule has 0 bridgehead atoms. The molecular formula is C20H32N2O3. The van der Waals surface area contributed by atoms with E-state index in [0.717, 1.165) is 11.3 Å². The van der Waals surface area contributed by atoms with Gasteiger partial charge in [0, 0.05) is 11.7 Å². The molecule has 140 valence electrons. The van der Waals surface area contributed by atoms with E-state index in [1.54, 1.807) is 0 Å². The van der Waals surface area contributed by atoms with Gasteiger partial charge in [-0.2, -0.15) is 0 Å². The monoisotopic (exact) mass is 348 g/mol. The van der Waals surface area contributed by atoms with E-state index in [4.69, 9.17) is 4.74 Å². The molecule has 5 nitrogen and oxygen atoms in total. The molecule has 2 atom stereocenters. The predicted molar refractivity (Wildman–Crippen MR) is 102 cm³/mol. The molecule has 0 aliphatic carbocycles. The highest BCUT2D eigenvalue weighted by Gasteiger charge is 2.25. The van der Waals surface area contributed by atoms with Crippen molar-refractivity contribution in [3.63, 3.8) is 0 Å². The average molecular weight is 348 g/mol. The maximum absolute atomic E-state index is 12.1. The molecule has 5 heteroatoms. The van der Waals surface area contributed by atoms with Crippen molar-refractivity contribution in [3.8, 4) is 0 Å². The third kappa shape index (κ3) is 7.26. The zero-order valence-corrected chi connectivity index (χ0v) is 16.5. The molecule has 0 radical (unpaired) electrons. The van der Waals surface area contributed by atoms with Gasteiger partial charge >= 0.3 is 5.97 Å². The minimum Gasteiger partial charge on any atom is -0.457 e. The van der Waals surface area contributed by atoms with Gasteiger partial charge in [0.25, 0.3) is 0 Å². The Kier molecular flexibility index (Phi) is 7.61. The van der Waals surface area contributed by atoms with Gasteiger partial charge in [-0.3, -0.25) is 9.59 Å². The van der Waals surface area contributed by atoms with Crippen LogP contribution in [0.1, 0.15) is 60.1 Å². The second-order valence-corrected chi connectivity index (χ2v) is 7.78. The molecule has 0 aliphatic heterocycles.